The van der Waals surface area contributed by atoms with Gasteiger partial charge in [-0.25, -0.2) is 13.2 Å². The Balaban J connectivity index is 1.75. The number of anilines is 1. The molecule has 2 aromatic carbocycles. The molecule has 3 rings (SSSR count). The third-order valence-corrected chi connectivity index (χ3v) is 7.42. The average molecular weight is 445 g/mol. The zero-order chi connectivity index (χ0) is 22.8. The summed E-state index contributed by atoms with van der Waals surface area (Å²) in [6, 6.07) is 12.8. The number of hydrogen-bond acceptors (Lipinski definition) is 5. The van der Waals surface area contributed by atoms with Crippen LogP contribution in [0.5, 0.6) is 0 Å². The van der Waals surface area contributed by atoms with Crippen molar-refractivity contribution in [3.05, 3.63) is 59.7 Å². The molecule has 0 radical (unpaired) electrons. The maximum atomic E-state index is 13.3. The Labute approximate surface area is 183 Å². The van der Waals surface area contributed by atoms with Crippen molar-refractivity contribution >= 4 is 27.6 Å². The number of amides is 1. The minimum absolute atomic E-state index is 0.00313. The number of para-hydroxylation sites is 1. The smallest absolute Gasteiger partial charge is 0.338 e. The Bertz CT molecular complexity index is 1080. The van der Waals surface area contributed by atoms with Gasteiger partial charge in [-0.15, -0.1) is 0 Å². The molecular weight excluding hydrogens is 416 g/mol. The standard InChI is InChI=1S/C23H28N2O5S/c1-15(2)17(4)24-22(26)14-30-23(27)19-9-7-10-20(13-19)31(28,29)25-16(3)12-18-8-5-6-11-21(18)25/h5-11,13,15-17H,12,14H2,1-4H3,(H,24,26)/t16-,17+/m1/s1. The first-order valence-electron chi connectivity index (χ1n) is 10.3. The molecule has 1 aliphatic rings. The topological polar surface area (TPSA) is 92.8 Å². The van der Waals surface area contributed by atoms with Crippen LogP contribution >= 0.6 is 0 Å². The molecule has 2 atom stereocenters. The number of fused-ring (bicyclic) bond motifs is 1. The highest BCUT2D eigenvalue weighted by Gasteiger charge is 2.36. The monoisotopic (exact) mass is 444 g/mol. The molecule has 0 spiro atoms. The van der Waals surface area contributed by atoms with Gasteiger partial charge in [0.15, 0.2) is 6.61 Å². The summed E-state index contributed by atoms with van der Waals surface area (Å²) in [4.78, 5) is 24.4. The molecule has 0 fully saturated rings. The Morgan fingerprint density at radius 2 is 1.84 bits per heavy atom. The van der Waals surface area contributed by atoms with Crippen LogP contribution in [0.25, 0.3) is 0 Å². The Morgan fingerprint density at radius 3 is 2.55 bits per heavy atom. The second-order valence-electron chi connectivity index (χ2n) is 8.19. The summed E-state index contributed by atoms with van der Waals surface area (Å²) < 4.78 is 33.2. The van der Waals surface area contributed by atoms with Gasteiger partial charge in [0.25, 0.3) is 15.9 Å². The molecule has 0 aliphatic carbocycles. The van der Waals surface area contributed by atoms with E-state index in [0.717, 1.165) is 5.56 Å². The van der Waals surface area contributed by atoms with E-state index in [2.05, 4.69) is 5.32 Å². The third-order valence-electron chi connectivity index (χ3n) is 5.49. The lowest BCUT2D eigenvalue weighted by molar-refractivity contribution is -0.125. The van der Waals surface area contributed by atoms with Crippen LogP contribution in [-0.2, 0) is 26.0 Å². The second-order valence-corrected chi connectivity index (χ2v) is 10.0. The molecule has 166 valence electrons. The van der Waals surface area contributed by atoms with Gasteiger partial charge in [-0.05, 0) is 56.0 Å². The lowest BCUT2D eigenvalue weighted by atomic mass is 10.1. The lowest BCUT2D eigenvalue weighted by Crippen LogP contribution is -2.38. The van der Waals surface area contributed by atoms with Gasteiger partial charge in [0, 0.05) is 12.1 Å². The predicted octanol–water partition coefficient (Wildman–Crippen LogP) is 3.14. The molecule has 1 amide bonds. The number of nitrogens with one attached hydrogen (secondary N) is 1. The van der Waals surface area contributed by atoms with Crippen molar-refractivity contribution < 1.29 is 22.7 Å². The first kappa shape index (κ1) is 22.8. The minimum Gasteiger partial charge on any atom is -0.452 e. The van der Waals surface area contributed by atoms with Crippen LogP contribution in [0.15, 0.2) is 53.4 Å². The summed E-state index contributed by atoms with van der Waals surface area (Å²) in [5.74, 6) is -0.903. The molecule has 8 heteroatoms. The molecule has 1 N–H and O–H groups in total. The summed E-state index contributed by atoms with van der Waals surface area (Å²) >= 11 is 0. The van der Waals surface area contributed by atoms with E-state index in [0.29, 0.717) is 12.1 Å². The number of benzene rings is 2. The van der Waals surface area contributed by atoms with E-state index in [4.69, 9.17) is 4.74 Å². The Hall–Kier alpha value is -2.87. The van der Waals surface area contributed by atoms with Gasteiger partial charge >= 0.3 is 5.97 Å². The number of esters is 1. The quantitative estimate of drug-likeness (QED) is 0.663. The van der Waals surface area contributed by atoms with Gasteiger partial charge in [-0.3, -0.25) is 9.10 Å². The maximum Gasteiger partial charge on any atom is 0.338 e. The number of carbonyl (C=O) groups is 2. The number of hydrogen-bond donors (Lipinski definition) is 1. The number of carbonyl (C=O) groups excluding carboxylic acids is 2. The highest BCUT2D eigenvalue weighted by Crippen LogP contribution is 2.36. The van der Waals surface area contributed by atoms with Crippen molar-refractivity contribution in [2.24, 2.45) is 5.92 Å². The first-order valence-corrected chi connectivity index (χ1v) is 11.7. The second kappa shape index (κ2) is 9.09. The summed E-state index contributed by atoms with van der Waals surface area (Å²) in [5.41, 5.74) is 1.70. The molecule has 0 bridgehead atoms. The Morgan fingerprint density at radius 1 is 1.13 bits per heavy atom. The van der Waals surface area contributed by atoms with E-state index in [1.165, 1.54) is 28.6 Å². The van der Waals surface area contributed by atoms with Crippen LogP contribution in [-0.4, -0.2) is 39.0 Å². The van der Waals surface area contributed by atoms with Gasteiger partial charge < -0.3 is 10.1 Å². The van der Waals surface area contributed by atoms with E-state index >= 15 is 0 Å². The SMILES string of the molecule is CC(C)[C@H](C)NC(=O)COC(=O)c1cccc(S(=O)(=O)N2c3ccccc3C[C@H]2C)c1. The summed E-state index contributed by atoms with van der Waals surface area (Å²) in [6.45, 7) is 7.25. The van der Waals surface area contributed by atoms with Crippen molar-refractivity contribution in [1.29, 1.82) is 0 Å². The van der Waals surface area contributed by atoms with Crippen LogP contribution in [0.3, 0.4) is 0 Å². The van der Waals surface area contributed by atoms with Crippen molar-refractivity contribution in [2.75, 3.05) is 10.9 Å². The van der Waals surface area contributed by atoms with Crippen molar-refractivity contribution in [1.82, 2.24) is 5.32 Å². The molecule has 2 aromatic rings. The van der Waals surface area contributed by atoms with Gasteiger partial charge in [-0.2, -0.15) is 0 Å². The molecule has 0 saturated carbocycles. The van der Waals surface area contributed by atoms with Gasteiger partial charge in [0.1, 0.15) is 0 Å². The molecule has 0 aromatic heterocycles. The van der Waals surface area contributed by atoms with Gasteiger partial charge in [-0.1, -0.05) is 38.1 Å². The Kier molecular flexibility index (Phi) is 6.69. The largest absolute Gasteiger partial charge is 0.452 e. The van der Waals surface area contributed by atoms with Gasteiger partial charge in [0.2, 0.25) is 0 Å². The normalized spacial score (nSPS) is 16.7. The highest BCUT2D eigenvalue weighted by molar-refractivity contribution is 7.92. The number of sulfonamides is 1. The lowest BCUT2D eigenvalue weighted by Gasteiger charge is -2.24. The van der Waals surface area contributed by atoms with Crippen molar-refractivity contribution in [3.8, 4) is 0 Å². The molecule has 7 nitrogen and oxygen atoms in total. The van der Waals surface area contributed by atoms with Gasteiger partial charge in [0.05, 0.1) is 16.1 Å². The highest BCUT2D eigenvalue weighted by atomic mass is 32.2. The maximum absolute atomic E-state index is 13.3. The van der Waals surface area contributed by atoms with Crippen molar-refractivity contribution in [2.45, 2.75) is 51.1 Å². The van der Waals surface area contributed by atoms with Crippen LogP contribution in [0.1, 0.15) is 43.6 Å². The van der Waals surface area contributed by atoms with E-state index < -0.39 is 28.5 Å². The minimum atomic E-state index is -3.87. The molecule has 31 heavy (non-hydrogen) atoms. The van der Waals surface area contributed by atoms with E-state index in [1.807, 2.05) is 39.8 Å². The van der Waals surface area contributed by atoms with E-state index in [-0.39, 0.29) is 28.5 Å². The first-order chi connectivity index (χ1) is 14.6. The van der Waals surface area contributed by atoms with Crippen LogP contribution in [0.4, 0.5) is 5.69 Å². The number of nitrogens with zero attached hydrogens (tertiary/aromatic N) is 1. The van der Waals surface area contributed by atoms with Crippen molar-refractivity contribution in [3.63, 3.8) is 0 Å². The fourth-order valence-electron chi connectivity index (χ4n) is 3.48. The number of ether oxygens (including phenoxy) is 1. The molecule has 1 heterocycles. The molecular formula is C23H28N2O5S. The zero-order valence-electron chi connectivity index (χ0n) is 18.2. The van der Waals surface area contributed by atoms with E-state index in [9.17, 15) is 18.0 Å². The summed E-state index contributed by atoms with van der Waals surface area (Å²) in [6.07, 6.45) is 0.626. The zero-order valence-corrected chi connectivity index (χ0v) is 19.0. The van der Waals surface area contributed by atoms with Crippen LogP contribution < -0.4 is 9.62 Å². The third kappa shape index (κ3) is 4.90. The van der Waals surface area contributed by atoms with Crippen LogP contribution in [0.2, 0.25) is 0 Å². The van der Waals surface area contributed by atoms with E-state index in [1.54, 1.807) is 12.1 Å². The molecule has 1 aliphatic heterocycles. The summed E-state index contributed by atoms with van der Waals surface area (Å²) in [7, 11) is -3.87. The summed E-state index contributed by atoms with van der Waals surface area (Å²) in [5, 5.41) is 2.75. The molecule has 0 saturated heterocycles. The predicted molar refractivity (Wildman–Crippen MR) is 118 cm³/mol. The number of rotatable bonds is 7. The average Bonchev–Trinajstić information content (AvgIpc) is 3.08. The molecule has 0 unspecified atom stereocenters. The van der Waals surface area contributed by atoms with Crippen LogP contribution in [0, 0.1) is 5.92 Å². The fraction of sp³-hybridized carbons (Fsp3) is 0.391. The fourth-order valence-corrected chi connectivity index (χ4v) is 5.22.